The number of alkyl halides is 3. The van der Waals surface area contributed by atoms with E-state index < -0.39 is 11.7 Å². The van der Waals surface area contributed by atoms with Crippen molar-refractivity contribution in [2.24, 2.45) is 0 Å². The highest BCUT2D eigenvalue weighted by Gasteiger charge is 2.32. The molecule has 0 radical (unpaired) electrons. The van der Waals surface area contributed by atoms with E-state index in [1.54, 1.807) is 31.4 Å². The molecule has 0 aliphatic heterocycles. The number of rotatable bonds is 8. The SMILES string of the molecule is COc1ccc(COc2cc(OCc3ccc(Cl)c(C)c3)ncc2-c2cc(C(F)(F)F)c[nH]2)cc1. The number of hydrogen-bond acceptors (Lipinski definition) is 4. The van der Waals surface area contributed by atoms with Crippen LogP contribution in [0.25, 0.3) is 11.3 Å². The third kappa shape index (κ3) is 6.08. The largest absolute Gasteiger partial charge is 0.497 e. The van der Waals surface area contributed by atoms with Crippen molar-refractivity contribution in [1.29, 1.82) is 0 Å². The highest BCUT2D eigenvalue weighted by atomic mass is 35.5. The Labute approximate surface area is 205 Å². The molecule has 0 atom stereocenters. The molecule has 0 amide bonds. The summed E-state index contributed by atoms with van der Waals surface area (Å²) in [5.74, 6) is 1.31. The van der Waals surface area contributed by atoms with Gasteiger partial charge < -0.3 is 19.2 Å². The van der Waals surface area contributed by atoms with E-state index in [1.807, 2.05) is 31.2 Å². The van der Waals surface area contributed by atoms with Gasteiger partial charge in [-0.3, -0.25) is 0 Å². The van der Waals surface area contributed by atoms with Gasteiger partial charge in [-0.05, 0) is 47.9 Å². The summed E-state index contributed by atoms with van der Waals surface area (Å²) in [6.07, 6.45) is -2.13. The Balaban J connectivity index is 1.59. The molecule has 9 heteroatoms. The second kappa shape index (κ2) is 10.3. The van der Waals surface area contributed by atoms with Gasteiger partial charge in [0.2, 0.25) is 5.88 Å². The monoisotopic (exact) mass is 502 g/mol. The quantitative estimate of drug-likeness (QED) is 0.276. The number of pyridine rings is 1. The zero-order valence-corrected chi connectivity index (χ0v) is 19.7. The molecule has 2 aromatic carbocycles. The van der Waals surface area contributed by atoms with Crippen molar-refractivity contribution in [3.8, 4) is 28.6 Å². The van der Waals surface area contributed by atoms with Gasteiger partial charge in [0, 0.05) is 23.5 Å². The summed E-state index contributed by atoms with van der Waals surface area (Å²) >= 11 is 6.08. The fraction of sp³-hybridized carbons (Fsp3) is 0.192. The summed E-state index contributed by atoms with van der Waals surface area (Å²) < 4.78 is 56.3. The first kappa shape index (κ1) is 24.5. The molecule has 182 valence electrons. The molecule has 5 nitrogen and oxygen atoms in total. The number of aromatic nitrogens is 2. The lowest BCUT2D eigenvalue weighted by atomic mass is 10.1. The second-order valence-corrected chi connectivity index (χ2v) is 8.23. The van der Waals surface area contributed by atoms with Crippen molar-refractivity contribution >= 4 is 11.6 Å². The van der Waals surface area contributed by atoms with E-state index in [9.17, 15) is 13.2 Å². The Hall–Kier alpha value is -3.65. The van der Waals surface area contributed by atoms with Gasteiger partial charge in [-0.1, -0.05) is 35.9 Å². The van der Waals surface area contributed by atoms with Crippen LogP contribution in [0, 0.1) is 6.92 Å². The summed E-state index contributed by atoms with van der Waals surface area (Å²) in [5.41, 5.74) is 2.50. The van der Waals surface area contributed by atoms with E-state index in [-0.39, 0.29) is 24.8 Å². The van der Waals surface area contributed by atoms with E-state index in [1.165, 1.54) is 6.20 Å². The van der Waals surface area contributed by atoms with Crippen LogP contribution >= 0.6 is 11.6 Å². The summed E-state index contributed by atoms with van der Waals surface area (Å²) in [6, 6.07) is 15.4. The van der Waals surface area contributed by atoms with Gasteiger partial charge in [-0.2, -0.15) is 13.2 Å². The van der Waals surface area contributed by atoms with Gasteiger partial charge in [0.25, 0.3) is 0 Å². The predicted molar refractivity (Wildman–Crippen MR) is 127 cm³/mol. The topological polar surface area (TPSA) is 56.4 Å². The number of methoxy groups -OCH3 is 1. The lowest BCUT2D eigenvalue weighted by molar-refractivity contribution is -0.137. The summed E-state index contributed by atoms with van der Waals surface area (Å²) in [5, 5.41) is 0.662. The highest BCUT2D eigenvalue weighted by molar-refractivity contribution is 6.31. The molecule has 0 saturated carbocycles. The molecule has 0 bridgehead atoms. The number of aromatic amines is 1. The first-order valence-corrected chi connectivity index (χ1v) is 11.0. The minimum atomic E-state index is -4.47. The Kier molecular flexibility index (Phi) is 7.21. The fourth-order valence-corrected chi connectivity index (χ4v) is 3.49. The number of aryl methyl sites for hydroxylation is 1. The number of nitrogens with zero attached hydrogens (tertiary/aromatic N) is 1. The zero-order valence-electron chi connectivity index (χ0n) is 18.9. The standard InChI is InChI=1S/C26H22ClF3N2O3/c1-16-9-18(5-8-22(16)27)15-35-25-11-24(34-14-17-3-6-20(33-2)7-4-17)21(13-32-25)23-10-19(12-31-23)26(28,29)30/h3-13,31H,14-15H2,1-2H3. The molecule has 35 heavy (non-hydrogen) atoms. The minimum Gasteiger partial charge on any atom is -0.497 e. The van der Waals surface area contributed by atoms with Crippen LogP contribution in [-0.4, -0.2) is 17.1 Å². The van der Waals surface area contributed by atoms with Gasteiger partial charge >= 0.3 is 6.18 Å². The number of H-pyrrole nitrogens is 1. The molecule has 0 fully saturated rings. The molecule has 1 N–H and O–H groups in total. The summed E-state index contributed by atoms with van der Waals surface area (Å²) in [4.78, 5) is 6.94. The Bertz CT molecular complexity index is 1300. The van der Waals surface area contributed by atoms with Crippen molar-refractivity contribution < 1.29 is 27.4 Å². The average molecular weight is 503 g/mol. The highest BCUT2D eigenvalue weighted by Crippen LogP contribution is 2.36. The molecule has 0 aliphatic rings. The van der Waals surface area contributed by atoms with E-state index in [0.29, 0.717) is 22.1 Å². The Morgan fingerprint density at radius 2 is 1.66 bits per heavy atom. The minimum absolute atomic E-state index is 0.184. The van der Waals surface area contributed by atoms with Gasteiger partial charge in [-0.15, -0.1) is 0 Å². The number of ether oxygens (including phenoxy) is 3. The predicted octanol–water partition coefficient (Wildman–Crippen LogP) is 7.22. The Morgan fingerprint density at radius 1 is 0.943 bits per heavy atom. The molecular weight excluding hydrogens is 481 g/mol. The normalized spacial score (nSPS) is 11.4. The van der Waals surface area contributed by atoms with Crippen LogP contribution in [0.4, 0.5) is 13.2 Å². The number of halogens is 4. The van der Waals surface area contributed by atoms with Crippen LogP contribution < -0.4 is 14.2 Å². The molecule has 0 aliphatic carbocycles. The third-order valence-electron chi connectivity index (χ3n) is 5.30. The van der Waals surface area contributed by atoms with Crippen LogP contribution in [-0.2, 0) is 19.4 Å². The van der Waals surface area contributed by atoms with Crippen LogP contribution in [0.3, 0.4) is 0 Å². The van der Waals surface area contributed by atoms with Crippen molar-refractivity contribution in [3.63, 3.8) is 0 Å². The van der Waals surface area contributed by atoms with Gasteiger partial charge in [0.05, 0.1) is 23.9 Å². The Morgan fingerprint density at radius 3 is 2.31 bits per heavy atom. The van der Waals surface area contributed by atoms with E-state index in [0.717, 1.165) is 29.0 Å². The van der Waals surface area contributed by atoms with Crippen LogP contribution in [0.1, 0.15) is 22.3 Å². The van der Waals surface area contributed by atoms with Crippen molar-refractivity contribution in [2.75, 3.05) is 7.11 Å². The number of hydrogen-bond donors (Lipinski definition) is 1. The molecule has 4 rings (SSSR count). The molecular formula is C26H22ClF3N2O3. The second-order valence-electron chi connectivity index (χ2n) is 7.83. The van der Waals surface area contributed by atoms with E-state index in [4.69, 9.17) is 25.8 Å². The smallest absolute Gasteiger partial charge is 0.417 e. The van der Waals surface area contributed by atoms with Crippen LogP contribution in [0.5, 0.6) is 17.4 Å². The van der Waals surface area contributed by atoms with Crippen molar-refractivity contribution in [1.82, 2.24) is 9.97 Å². The zero-order chi connectivity index (χ0) is 25.0. The third-order valence-corrected chi connectivity index (χ3v) is 5.73. The van der Waals surface area contributed by atoms with E-state index in [2.05, 4.69) is 9.97 Å². The maximum atomic E-state index is 13.1. The lowest BCUT2D eigenvalue weighted by Gasteiger charge is -2.13. The molecule has 0 spiro atoms. The maximum Gasteiger partial charge on any atom is 0.417 e. The first-order valence-electron chi connectivity index (χ1n) is 10.6. The average Bonchev–Trinajstić information content (AvgIpc) is 3.35. The summed E-state index contributed by atoms with van der Waals surface area (Å²) in [6.45, 7) is 2.32. The van der Waals surface area contributed by atoms with Gasteiger partial charge in [-0.25, -0.2) is 4.98 Å². The van der Waals surface area contributed by atoms with Crippen molar-refractivity contribution in [2.45, 2.75) is 26.3 Å². The molecule has 0 unspecified atom stereocenters. The molecule has 4 aromatic rings. The maximum absolute atomic E-state index is 13.1. The number of nitrogens with one attached hydrogen (secondary N) is 1. The molecule has 2 aromatic heterocycles. The molecule has 0 saturated heterocycles. The lowest BCUT2D eigenvalue weighted by Crippen LogP contribution is -2.02. The fourth-order valence-electron chi connectivity index (χ4n) is 3.37. The van der Waals surface area contributed by atoms with Crippen molar-refractivity contribution in [3.05, 3.63) is 94.3 Å². The first-order chi connectivity index (χ1) is 16.7. The van der Waals surface area contributed by atoms with E-state index >= 15 is 0 Å². The van der Waals surface area contributed by atoms with Gasteiger partial charge in [0.1, 0.15) is 24.7 Å². The van der Waals surface area contributed by atoms with Gasteiger partial charge in [0.15, 0.2) is 0 Å². The summed E-state index contributed by atoms with van der Waals surface area (Å²) in [7, 11) is 1.58. The van der Waals surface area contributed by atoms with Crippen LogP contribution in [0.2, 0.25) is 5.02 Å². The molecule has 2 heterocycles. The van der Waals surface area contributed by atoms with Crippen LogP contribution in [0.15, 0.2) is 67.0 Å². The number of benzene rings is 2.